The topological polar surface area (TPSA) is 86.1 Å². The highest BCUT2D eigenvalue weighted by atomic mass is 16.5. The SMILES string of the molecule is CCc1cccc(NC(=O)Cn2ncc(-c3cccc(OC)c3)nc2=O)c1. The van der Waals surface area contributed by atoms with Gasteiger partial charge in [0.15, 0.2) is 0 Å². The van der Waals surface area contributed by atoms with Crippen LogP contribution < -0.4 is 15.7 Å². The monoisotopic (exact) mass is 364 g/mol. The summed E-state index contributed by atoms with van der Waals surface area (Å²) < 4.78 is 6.20. The van der Waals surface area contributed by atoms with Crippen molar-refractivity contribution in [2.45, 2.75) is 19.9 Å². The van der Waals surface area contributed by atoms with Crippen molar-refractivity contribution in [3.63, 3.8) is 0 Å². The van der Waals surface area contributed by atoms with Gasteiger partial charge in [0, 0.05) is 11.3 Å². The first-order chi connectivity index (χ1) is 13.1. The molecule has 0 aliphatic heterocycles. The van der Waals surface area contributed by atoms with Crippen molar-refractivity contribution in [3.8, 4) is 17.0 Å². The first kappa shape index (κ1) is 18.3. The highest BCUT2D eigenvalue weighted by molar-refractivity contribution is 5.90. The molecule has 1 aromatic heterocycles. The number of aromatic nitrogens is 3. The minimum Gasteiger partial charge on any atom is -0.497 e. The van der Waals surface area contributed by atoms with E-state index in [4.69, 9.17) is 4.74 Å². The van der Waals surface area contributed by atoms with Crippen LogP contribution in [0.5, 0.6) is 5.75 Å². The molecule has 0 radical (unpaired) electrons. The van der Waals surface area contributed by atoms with E-state index in [9.17, 15) is 9.59 Å². The molecule has 0 spiro atoms. The number of rotatable bonds is 6. The van der Waals surface area contributed by atoms with E-state index in [0.29, 0.717) is 22.7 Å². The smallest absolute Gasteiger partial charge is 0.365 e. The second kappa shape index (κ2) is 8.27. The normalized spacial score (nSPS) is 10.4. The number of carbonyl (C=O) groups is 1. The van der Waals surface area contributed by atoms with Gasteiger partial charge < -0.3 is 10.1 Å². The number of methoxy groups -OCH3 is 1. The van der Waals surface area contributed by atoms with Gasteiger partial charge in [-0.3, -0.25) is 4.79 Å². The van der Waals surface area contributed by atoms with Gasteiger partial charge in [-0.1, -0.05) is 31.2 Å². The molecule has 7 nitrogen and oxygen atoms in total. The summed E-state index contributed by atoms with van der Waals surface area (Å²) in [4.78, 5) is 28.5. The Morgan fingerprint density at radius 1 is 1.19 bits per heavy atom. The lowest BCUT2D eigenvalue weighted by Gasteiger charge is -2.08. The van der Waals surface area contributed by atoms with Gasteiger partial charge in [-0.15, -0.1) is 0 Å². The Kier molecular flexibility index (Phi) is 5.61. The zero-order chi connectivity index (χ0) is 19.2. The Morgan fingerprint density at radius 2 is 2.00 bits per heavy atom. The number of ether oxygens (including phenoxy) is 1. The molecule has 138 valence electrons. The third kappa shape index (κ3) is 4.58. The van der Waals surface area contributed by atoms with Crippen molar-refractivity contribution in [3.05, 3.63) is 70.8 Å². The molecule has 1 heterocycles. The largest absolute Gasteiger partial charge is 0.497 e. The first-order valence-corrected chi connectivity index (χ1v) is 8.56. The van der Waals surface area contributed by atoms with Crippen LogP contribution in [0.25, 0.3) is 11.3 Å². The molecule has 0 saturated carbocycles. The molecule has 27 heavy (non-hydrogen) atoms. The highest BCUT2D eigenvalue weighted by Crippen LogP contribution is 2.20. The molecule has 0 unspecified atom stereocenters. The number of nitrogens with zero attached hydrogens (tertiary/aromatic N) is 3. The van der Waals surface area contributed by atoms with E-state index in [1.807, 2.05) is 31.2 Å². The summed E-state index contributed by atoms with van der Waals surface area (Å²) in [5.74, 6) is 0.320. The molecule has 3 aromatic rings. The average Bonchev–Trinajstić information content (AvgIpc) is 2.69. The van der Waals surface area contributed by atoms with Crippen LogP contribution >= 0.6 is 0 Å². The van der Waals surface area contributed by atoms with Crippen molar-refractivity contribution < 1.29 is 9.53 Å². The summed E-state index contributed by atoms with van der Waals surface area (Å²) in [6.45, 7) is 1.83. The predicted octanol–water partition coefficient (Wildman–Crippen LogP) is 2.52. The van der Waals surface area contributed by atoms with Gasteiger partial charge in [-0.05, 0) is 36.2 Å². The Hall–Kier alpha value is -3.48. The third-order valence-electron chi connectivity index (χ3n) is 4.03. The van der Waals surface area contributed by atoms with E-state index in [2.05, 4.69) is 15.4 Å². The van der Waals surface area contributed by atoms with E-state index in [-0.39, 0.29) is 12.5 Å². The fourth-order valence-electron chi connectivity index (χ4n) is 2.60. The summed E-state index contributed by atoms with van der Waals surface area (Å²) in [6.07, 6.45) is 2.33. The molecule has 0 atom stereocenters. The van der Waals surface area contributed by atoms with Crippen molar-refractivity contribution >= 4 is 11.6 Å². The average molecular weight is 364 g/mol. The number of carbonyl (C=O) groups excluding carboxylic acids is 1. The van der Waals surface area contributed by atoms with Crippen LogP contribution in [-0.2, 0) is 17.8 Å². The fourth-order valence-corrected chi connectivity index (χ4v) is 2.60. The van der Waals surface area contributed by atoms with Crippen LogP contribution in [0.2, 0.25) is 0 Å². The van der Waals surface area contributed by atoms with Gasteiger partial charge in [0.05, 0.1) is 19.0 Å². The maximum absolute atomic E-state index is 12.2. The molecule has 7 heteroatoms. The van der Waals surface area contributed by atoms with Gasteiger partial charge >= 0.3 is 5.69 Å². The zero-order valence-corrected chi connectivity index (χ0v) is 15.2. The van der Waals surface area contributed by atoms with E-state index >= 15 is 0 Å². The van der Waals surface area contributed by atoms with Gasteiger partial charge in [0.1, 0.15) is 12.3 Å². The Balaban J connectivity index is 1.73. The fraction of sp³-hybridized carbons (Fsp3) is 0.200. The van der Waals surface area contributed by atoms with Crippen LogP contribution in [0, 0.1) is 0 Å². The molecule has 0 fully saturated rings. The van der Waals surface area contributed by atoms with Crippen molar-refractivity contribution in [2.75, 3.05) is 12.4 Å². The lowest BCUT2D eigenvalue weighted by molar-refractivity contribution is -0.117. The molecular weight excluding hydrogens is 344 g/mol. The van der Waals surface area contributed by atoms with Gasteiger partial charge in [-0.25, -0.2) is 9.48 Å². The summed E-state index contributed by atoms with van der Waals surface area (Å²) in [7, 11) is 1.57. The van der Waals surface area contributed by atoms with E-state index in [1.165, 1.54) is 6.20 Å². The van der Waals surface area contributed by atoms with Gasteiger partial charge in [0.25, 0.3) is 0 Å². The molecule has 3 rings (SSSR count). The first-order valence-electron chi connectivity index (χ1n) is 8.56. The summed E-state index contributed by atoms with van der Waals surface area (Å²) in [5, 5.41) is 6.84. The number of hydrogen-bond acceptors (Lipinski definition) is 5. The Labute approximate surface area is 156 Å². The molecular formula is C20H20N4O3. The quantitative estimate of drug-likeness (QED) is 0.726. The standard InChI is InChI=1S/C20H20N4O3/c1-3-14-6-4-8-16(10-14)22-19(25)13-24-20(26)23-18(12-21-24)15-7-5-9-17(11-15)27-2/h4-12H,3,13H2,1-2H3,(H,22,25). The molecule has 0 bridgehead atoms. The van der Waals surface area contributed by atoms with E-state index in [1.54, 1.807) is 31.4 Å². The minimum atomic E-state index is -0.590. The molecule has 0 aliphatic rings. The third-order valence-corrected chi connectivity index (χ3v) is 4.03. The van der Waals surface area contributed by atoms with Crippen LogP contribution in [0.15, 0.2) is 59.5 Å². The Morgan fingerprint density at radius 3 is 2.74 bits per heavy atom. The number of benzene rings is 2. The number of amides is 1. The number of hydrogen-bond donors (Lipinski definition) is 1. The van der Waals surface area contributed by atoms with E-state index in [0.717, 1.165) is 16.7 Å². The number of anilines is 1. The van der Waals surface area contributed by atoms with E-state index < -0.39 is 5.69 Å². The zero-order valence-electron chi connectivity index (χ0n) is 15.2. The second-order valence-corrected chi connectivity index (χ2v) is 5.92. The van der Waals surface area contributed by atoms with Crippen LogP contribution in [0.3, 0.4) is 0 Å². The predicted molar refractivity (Wildman–Crippen MR) is 103 cm³/mol. The molecule has 1 amide bonds. The highest BCUT2D eigenvalue weighted by Gasteiger charge is 2.10. The van der Waals surface area contributed by atoms with Crippen molar-refractivity contribution in [1.82, 2.24) is 14.8 Å². The van der Waals surface area contributed by atoms with Crippen molar-refractivity contribution in [2.24, 2.45) is 0 Å². The van der Waals surface area contributed by atoms with Gasteiger partial charge in [0.2, 0.25) is 5.91 Å². The number of nitrogens with one attached hydrogen (secondary N) is 1. The minimum absolute atomic E-state index is 0.208. The maximum Gasteiger partial charge on any atom is 0.365 e. The summed E-state index contributed by atoms with van der Waals surface area (Å²) in [5.41, 5.74) is 2.35. The van der Waals surface area contributed by atoms with Crippen LogP contribution in [-0.4, -0.2) is 27.8 Å². The van der Waals surface area contributed by atoms with Gasteiger partial charge in [-0.2, -0.15) is 10.1 Å². The molecule has 2 aromatic carbocycles. The lowest BCUT2D eigenvalue weighted by atomic mass is 10.1. The molecule has 0 aliphatic carbocycles. The van der Waals surface area contributed by atoms with Crippen LogP contribution in [0.1, 0.15) is 12.5 Å². The lowest BCUT2D eigenvalue weighted by Crippen LogP contribution is -2.31. The molecule has 0 saturated heterocycles. The van der Waals surface area contributed by atoms with Crippen molar-refractivity contribution in [1.29, 1.82) is 0 Å². The Bertz CT molecular complexity index is 1010. The summed E-state index contributed by atoms with van der Waals surface area (Å²) in [6, 6.07) is 14.8. The number of aryl methyl sites for hydroxylation is 1. The summed E-state index contributed by atoms with van der Waals surface area (Å²) >= 11 is 0. The maximum atomic E-state index is 12.2. The second-order valence-electron chi connectivity index (χ2n) is 5.92. The van der Waals surface area contributed by atoms with Crippen LogP contribution in [0.4, 0.5) is 5.69 Å². The molecule has 1 N–H and O–H groups in total.